The van der Waals surface area contributed by atoms with Crippen molar-refractivity contribution in [2.75, 3.05) is 37.9 Å². The molecule has 0 aliphatic carbocycles. The van der Waals surface area contributed by atoms with Crippen LogP contribution < -0.4 is 14.4 Å². The Morgan fingerprint density at radius 1 is 1.10 bits per heavy atom. The molecule has 2 aromatic carbocycles. The largest absolute Gasteiger partial charge is 0.454 e. The van der Waals surface area contributed by atoms with Crippen molar-refractivity contribution >= 4 is 48.5 Å². The number of hydrogen-bond acceptors (Lipinski definition) is 6. The van der Waals surface area contributed by atoms with Crippen LogP contribution in [0, 0.1) is 0 Å². The van der Waals surface area contributed by atoms with Gasteiger partial charge in [-0.2, -0.15) is 0 Å². The van der Waals surface area contributed by atoms with Gasteiger partial charge >= 0.3 is 0 Å². The van der Waals surface area contributed by atoms with Gasteiger partial charge in [0, 0.05) is 23.1 Å². The number of carbonyl (C=O) groups excluding carboxylic acids is 1. The fourth-order valence-electron chi connectivity index (χ4n) is 3.25. The van der Waals surface area contributed by atoms with Gasteiger partial charge in [-0.3, -0.25) is 9.69 Å². The lowest BCUT2D eigenvalue weighted by Gasteiger charge is -2.24. The van der Waals surface area contributed by atoms with Crippen molar-refractivity contribution in [1.82, 2.24) is 9.88 Å². The van der Waals surface area contributed by atoms with E-state index < -0.39 is 0 Å². The minimum Gasteiger partial charge on any atom is -0.454 e. The number of likely N-dealkylation sites (N-methyl/N-ethyl adjacent to an activating group) is 1. The second kappa shape index (κ2) is 8.69. The monoisotopic (exact) mass is 475 g/mol. The number of benzene rings is 2. The van der Waals surface area contributed by atoms with E-state index in [0.717, 1.165) is 34.3 Å². The summed E-state index contributed by atoms with van der Waals surface area (Å²) in [5, 5.41) is 0.702. The number of ether oxygens (including phenoxy) is 2. The highest BCUT2D eigenvalue weighted by molar-refractivity contribution is 9.10. The van der Waals surface area contributed by atoms with E-state index in [2.05, 4.69) is 34.7 Å². The zero-order valence-corrected chi connectivity index (χ0v) is 18.8. The molecule has 4 rings (SSSR count). The summed E-state index contributed by atoms with van der Waals surface area (Å²) in [5.74, 6) is 1.18. The van der Waals surface area contributed by atoms with Gasteiger partial charge in [0.2, 0.25) is 6.79 Å². The number of nitrogens with zero attached hydrogens (tertiary/aromatic N) is 3. The van der Waals surface area contributed by atoms with E-state index in [9.17, 15) is 4.79 Å². The molecular weight excluding hydrogens is 454 g/mol. The lowest BCUT2D eigenvalue weighted by molar-refractivity contribution is 0.0983. The Balaban J connectivity index is 1.67. The molecule has 0 N–H and O–H groups in total. The molecule has 0 saturated carbocycles. The van der Waals surface area contributed by atoms with Gasteiger partial charge in [-0.25, -0.2) is 4.98 Å². The first kappa shape index (κ1) is 20.1. The van der Waals surface area contributed by atoms with E-state index >= 15 is 0 Å². The van der Waals surface area contributed by atoms with Gasteiger partial charge in [-0.15, -0.1) is 0 Å². The van der Waals surface area contributed by atoms with E-state index in [1.54, 1.807) is 23.1 Å². The molecule has 1 amide bonds. The smallest absolute Gasteiger partial charge is 0.260 e. The number of carbonyl (C=O) groups is 1. The second-order valence-electron chi connectivity index (χ2n) is 6.66. The Kier molecular flexibility index (Phi) is 6.03. The molecule has 0 fully saturated rings. The lowest BCUT2D eigenvalue weighted by Crippen LogP contribution is -2.38. The number of thiazole rings is 1. The molecule has 2 heterocycles. The van der Waals surface area contributed by atoms with Gasteiger partial charge < -0.3 is 14.4 Å². The molecule has 8 heteroatoms. The summed E-state index contributed by atoms with van der Waals surface area (Å²) >= 11 is 5.03. The number of halogens is 1. The summed E-state index contributed by atoms with van der Waals surface area (Å²) in [5.41, 5.74) is 1.45. The molecule has 6 nitrogen and oxygen atoms in total. The van der Waals surface area contributed by atoms with Crippen LogP contribution in [-0.2, 0) is 0 Å². The van der Waals surface area contributed by atoms with Crippen LogP contribution in [0.25, 0.3) is 10.2 Å². The van der Waals surface area contributed by atoms with Gasteiger partial charge in [-0.1, -0.05) is 41.1 Å². The predicted octanol–water partition coefficient (Wildman–Crippen LogP) is 4.78. The van der Waals surface area contributed by atoms with Crippen LogP contribution >= 0.6 is 27.3 Å². The van der Waals surface area contributed by atoms with Crippen molar-refractivity contribution in [3.05, 3.63) is 46.4 Å². The van der Waals surface area contributed by atoms with Crippen molar-refractivity contribution < 1.29 is 14.3 Å². The Bertz CT molecular complexity index is 1040. The number of anilines is 1. The summed E-state index contributed by atoms with van der Waals surface area (Å²) in [6.07, 6.45) is 0. The molecule has 1 aromatic heterocycles. The van der Waals surface area contributed by atoms with Crippen molar-refractivity contribution in [2.45, 2.75) is 13.8 Å². The molecule has 0 spiro atoms. The first-order valence-corrected chi connectivity index (χ1v) is 11.2. The first-order chi connectivity index (χ1) is 14.1. The van der Waals surface area contributed by atoms with Gasteiger partial charge in [0.15, 0.2) is 16.6 Å². The predicted molar refractivity (Wildman–Crippen MR) is 119 cm³/mol. The van der Waals surface area contributed by atoms with Crippen molar-refractivity contribution in [2.24, 2.45) is 0 Å². The van der Waals surface area contributed by atoms with Crippen molar-refractivity contribution in [1.29, 1.82) is 0 Å². The molecule has 0 bridgehead atoms. The van der Waals surface area contributed by atoms with E-state index in [4.69, 9.17) is 14.5 Å². The fourth-order valence-corrected chi connectivity index (χ4v) is 4.79. The minimum atomic E-state index is -0.0893. The third-order valence-corrected chi connectivity index (χ3v) is 6.50. The molecule has 3 aromatic rings. The zero-order chi connectivity index (χ0) is 20.4. The summed E-state index contributed by atoms with van der Waals surface area (Å²) in [7, 11) is 0. The standard InChI is InChI=1S/C21H22BrN3O3S/c1-3-24(4-2)9-10-25(21-23-16-7-6-15(22)12-19(16)29-21)20(26)14-5-8-17-18(11-14)28-13-27-17/h5-8,11-12H,3-4,9-10,13H2,1-2H3. The number of fused-ring (bicyclic) bond motifs is 2. The normalized spacial score (nSPS) is 12.7. The molecular formula is C21H22BrN3O3S. The van der Waals surface area contributed by atoms with Crippen LogP contribution in [0.2, 0.25) is 0 Å². The zero-order valence-electron chi connectivity index (χ0n) is 16.4. The van der Waals surface area contributed by atoms with Gasteiger partial charge in [0.25, 0.3) is 5.91 Å². The highest BCUT2D eigenvalue weighted by Crippen LogP contribution is 2.35. The third-order valence-electron chi connectivity index (χ3n) is 4.97. The van der Waals surface area contributed by atoms with Gasteiger partial charge in [0.05, 0.1) is 10.2 Å². The van der Waals surface area contributed by atoms with Crippen LogP contribution in [0.5, 0.6) is 11.5 Å². The molecule has 29 heavy (non-hydrogen) atoms. The van der Waals surface area contributed by atoms with E-state index in [-0.39, 0.29) is 12.7 Å². The first-order valence-electron chi connectivity index (χ1n) is 9.59. The molecule has 0 unspecified atom stereocenters. The van der Waals surface area contributed by atoms with Crippen LogP contribution in [0.3, 0.4) is 0 Å². The second-order valence-corrected chi connectivity index (χ2v) is 8.58. The number of rotatable bonds is 7. The van der Waals surface area contributed by atoms with Crippen LogP contribution in [0.15, 0.2) is 40.9 Å². The highest BCUT2D eigenvalue weighted by atomic mass is 79.9. The van der Waals surface area contributed by atoms with E-state index in [1.807, 2.05) is 18.2 Å². The van der Waals surface area contributed by atoms with Gasteiger partial charge in [0.1, 0.15) is 0 Å². The Hall–Kier alpha value is -2.16. The average molecular weight is 476 g/mol. The maximum atomic E-state index is 13.4. The molecule has 152 valence electrons. The number of hydrogen-bond donors (Lipinski definition) is 0. The molecule has 0 radical (unpaired) electrons. The summed E-state index contributed by atoms with van der Waals surface area (Å²) in [6, 6.07) is 11.3. The Labute approximate surface area is 182 Å². The maximum Gasteiger partial charge on any atom is 0.260 e. The Morgan fingerprint density at radius 2 is 1.90 bits per heavy atom. The van der Waals surface area contributed by atoms with Crippen LogP contribution in [0.4, 0.5) is 5.13 Å². The highest BCUT2D eigenvalue weighted by Gasteiger charge is 2.24. The third kappa shape index (κ3) is 4.24. The summed E-state index contributed by atoms with van der Waals surface area (Å²) in [4.78, 5) is 22.2. The summed E-state index contributed by atoms with van der Waals surface area (Å²) < 4.78 is 12.9. The molecule has 0 saturated heterocycles. The van der Waals surface area contributed by atoms with Gasteiger partial charge in [-0.05, 0) is 49.5 Å². The van der Waals surface area contributed by atoms with Crippen LogP contribution in [0.1, 0.15) is 24.2 Å². The quantitative estimate of drug-likeness (QED) is 0.492. The average Bonchev–Trinajstić information content (AvgIpc) is 3.36. The molecule has 1 aliphatic heterocycles. The number of aromatic nitrogens is 1. The van der Waals surface area contributed by atoms with Crippen molar-refractivity contribution in [3.8, 4) is 11.5 Å². The van der Waals surface area contributed by atoms with Crippen molar-refractivity contribution in [3.63, 3.8) is 0 Å². The number of amides is 1. The van der Waals surface area contributed by atoms with Crippen LogP contribution in [-0.4, -0.2) is 48.8 Å². The SMILES string of the molecule is CCN(CC)CCN(C(=O)c1ccc2c(c1)OCO2)c1nc2ccc(Br)cc2s1. The topological polar surface area (TPSA) is 54.9 Å². The molecule has 0 atom stereocenters. The Morgan fingerprint density at radius 3 is 2.69 bits per heavy atom. The fraction of sp³-hybridized carbons (Fsp3) is 0.333. The molecule has 1 aliphatic rings. The minimum absolute atomic E-state index is 0.0893. The lowest BCUT2D eigenvalue weighted by atomic mass is 10.1. The van der Waals surface area contributed by atoms with E-state index in [0.29, 0.717) is 28.7 Å². The summed E-state index contributed by atoms with van der Waals surface area (Å²) in [6.45, 7) is 7.67. The van der Waals surface area contributed by atoms with E-state index in [1.165, 1.54) is 11.3 Å². The maximum absolute atomic E-state index is 13.4.